The van der Waals surface area contributed by atoms with E-state index >= 15 is 0 Å². The van der Waals surface area contributed by atoms with Crippen LogP contribution in [0.4, 0.5) is 4.39 Å². The lowest BCUT2D eigenvalue weighted by molar-refractivity contribution is 0.147. The summed E-state index contributed by atoms with van der Waals surface area (Å²) in [7, 11) is 1.68. The van der Waals surface area contributed by atoms with Crippen molar-refractivity contribution in [1.29, 1.82) is 0 Å². The molecule has 0 amide bonds. The first-order valence-corrected chi connectivity index (χ1v) is 4.81. The van der Waals surface area contributed by atoms with Crippen molar-refractivity contribution >= 4 is 10.9 Å². The van der Waals surface area contributed by atoms with Crippen molar-refractivity contribution in [2.24, 2.45) is 0 Å². The van der Waals surface area contributed by atoms with Gasteiger partial charge < -0.3 is 10.1 Å². The predicted molar refractivity (Wildman–Crippen MR) is 57.0 cm³/mol. The summed E-state index contributed by atoms with van der Waals surface area (Å²) in [5, 5.41) is 13.0. The zero-order chi connectivity index (χ0) is 10.8. The fourth-order valence-electron chi connectivity index (χ4n) is 1.63. The Balaban J connectivity index is 2.39. The van der Waals surface area contributed by atoms with Crippen LogP contribution in [-0.4, -0.2) is 23.4 Å². The molecule has 0 aliphatic rings. The molecule has 1 aromatic heterocycles. The standard InChI is InChI=1S/C11H13FN2O/c1-13-11(15)4-7-6-14-10-3-2-8(12)5-9(7)10/h2-3,5-6,11,13-15H,4H2,1H3. The molecule has 4 heteroatoms. The van der Waals surface area contributed by atoms with E-state index in [0.717, 1.165) is 16.5 Å². The molecule has 0 aliphatic heterocycles. The number of hydrogen-bond acceptors (Lipinski definition) is 2. The lowest BCUT2D eigenvalue weighted by atomic mass is 10.1. The zero-order valence-electron chi connectivity index (χ0n) is 8.42. The number of aliphatic hydroxyl groups is 1. The van der Waals surface area contributed by atoms with E-state index in [0.29, 0.717) is 6.42 Å². The molecule has 0 aliphatic carbocycles. The molecule has 0 radical (unpaired) electrons. The van der Waals surface area contributed by atoms with Gasteiger partial charge in [0.15, 0.2) is 0 Å². The first kappa shape index (κ1) is 10.1. The summed E-state index contributed by atoms with van der Waals surface area (Å²) in [6.45, 7) is 0. The lowest BCUT2D eigenvalue weighted by Gasteiger charge is -2.07. The zero-order valence-corrected chi connectivity index (χ0v) is 8.42. The maximum atomic E-state index is 13.0. The molecule has 1 heterocycles. The summed E-state index contributed by atoms with van der Waals surface area (Å²) < 4.78 is 13.0. The van der Waals surface area contributed by atoms with E-state index in [9.17, 15) is 9.50 Å². The number of halogens is 1. The van der Waals surface area contributed by atoms with E-state index in [-0.39, 0.29) is 5.82 Å². The van der Waals surface area contributed by atoms with E-state index in [1.165, 1.54) is 12.1 Å². The van der Waals surface area contributed by atoms with Gasteiger partial charge >= 0.3 is 0 Å². The Morgan fingerprint density at radius 3 is 3.07 bits per heavy atom. The minimum atomic E-state index is -0.604. The maximum absolute atomic E-state index is 13.0. The van der Waals surface area contributed by atoms with E-state index in [4.69, 9.17) is 0 Å². The summed E-state index contributed by atoms with van der Waals surface area (Å²) in [6, 6.07) is 4.58. The van der Waals surface area contributed by atoms with E-state index in [1.54, 1.807) is 19.3 Å². The third-order valence-electron chi connectivity index (χ3n) is 2.48. The van der Waals surface area contributed by atoms with Crippen LogP contribution in [0.2, 0.25) is 0 Å². The number of aliphatic hydroxyl groups excluding tert-OH is 1. The molecular weight excluding hydrogens is 195 g/mol. The molecule has 3 N–H and O–H groups in total. The summed E-state index contributed by atoms with van der Waals surface area (Å²) in [5.41, 5.74) is 1.79. The second kappa shape index (κ2) is 4.00. The van der Waals surface area contributed by atoms with Crippen LogP contribution in [0.15, 0.2) is 24.4 Å². The fourth-order valence-corrected chi connectivity index (χ4v) is 1.63. The monoisotopic (exact) mass is 208 g/mol. The van der Waals surface area contributed by atoms with Gasteiger partial charge in [0.05, 0.1) is 0 Å². The van der Waals surface area contributed by atoms with Crippen molar-refractivity contribution in [2.75, 3.05) is 7.05 Å². The number of rotatable bonds is 3. The molecule has 0 fully saturated rings. The van der Waals surface area contributed by atoms with Crippen LogP contribution in [-0.2, 0) is 6.42 Å². The van der Waals surface area contributed by atoms with Crippen molar-refractivity contribution in [3.63, 3.8) is 0 Å². The van der Waals surface area contributed by atoms with Crippen LogP contribution < -0.4 is 5.32 Å². The minimum absolute atomic E-state index is 0.262. The minimum Gasteiger partial charge on any atom is -0.378 e. The molecule has 2 aromatic rings. The van der Waals surface area contributed by atoms with Crippen molar-refractivity contribution in [3.05, 3.63) is 35.8 Å². The van der Waals surface area contributed by atoms with Crippen molar-refractivity contribution < 1.29 is 9.50 Å². The molecule has 0 saturated carbocycles. The van der Waals surface area contributed by atoms with Gasteiger partial charge in [0.25, 0.3) is 0 Å². The fraction of sp³-hybridized carbons (Fsp3) is 0.273. The van der Waals surface area contributed by atoms with Gasteiger partial charge in [-0.25, -0.2) is 4.39 Å². The highest BCUT2D eigenvalue weighted by molar-refractivity contribution is 5.83. The van der Waals surface area contributed by atoms with Crippen LogP contribution >= 0.6 is 0 Å². The Labute approximate surface area is 86.9 Å². The molecule has 3 nitrogen and oxygen atoms in total. The number of benzene rings is 1. The Hall–Kier alpha value is -1.39. The second-order valence-corrected chi connectivity index (χ2v) is 3.51. The van der Waals surface area contributed by atoms with Gasteiger partial charge in [-0.15, -0.1) is 0 Å². The smallest absolute Gasteiger partial charge is 0.123 e. The number of fused-ring (bicyclic) bond motifs is 1. The quantitative estimate of drug-likeness (QED) is 0.667. The van der Waals surface area contributed by atoms with Crippen LogP contribution in [0, 0.1) is 5.82 Å². The molecule has 80 valence electrons. The molecule has 1 unspecified atom stereocenters. The van der Waals surface area contributed by atoms with E-state index in [1.807, 2.05) is 0 Å². The van der Waals surface area contributed by atoms with Crippen LogP contribution in [0.1, 0.15) is 5.56 Å². The summed E-state index contributed by atoms with van der Waals surface area (Å²) in [5.74, 6) is -0.262. The van der Waals surface area contributed by atoms with E-state index < -0.39 is 6.23 Å². The summed E-state index contributed by atoms with van der Waals surface area (Å²) >= 11 is 0. The van der Waals surface area contributed by atoms with E-state index in [2.05, 4.69) is 10.3 Å². The van der Waals surface area contributed by atoms with Crippen LogP contribution in [0.5, 0.6) is 0 Å². The highest BCUT2D eigenvalue weighted by atomic mass is 19.1. The Morgan fingerprint density at radius 1 is 1.53 bits per heavy atom. The van der Waals surface area contributed by atoms with Crippen molar-refractivity contribution in [1.82, 2.24) is 10.3 Å². The first-order valence-electron chi connectivity index (χ1n) is 4.81. The third-order valence-corrected chi connectivity index (χ3v) is 2.48. The van der Waals surface area contributed by atoms with Gasteiger partial charge in [0.1, 0.15) is 12.0 Å². The van der Waals surface area contributed by atoms with Gasteiger partial charge in [-0.1, -0.05) is 0 Å². The molecule has 0 spiro atoms. The van der Waals surface area contributed by atoms with Gasteiger partial charge in [-0.05, 0) is 30.8 Å². The normalized spacial score (nSPS) is 13.3. The first-order chi connectivity index (χ1) is 7.20. The maximum Gasteiger partial charge on any atom is 0.123 e. The summed E-state index contributed by atoms with van der Waals surface area (Å²) in [6.07, 6.45) is 1.65. The predicted octanol–water partition coefficient (Wildman–Crippen LogP) is 1.39. The molecule has 2 rings (SSSR count). The number of aromatic amines is 1. The Morgan fingerprint density at radius 2 is 2.33 bits per heavy atom. The van der Waals surface area contributed by atoms with Crippen molar-refractivity contribution in [3.8, 4) is 0 Å². The highest BCUT2D eigenvalue weighted by Gasteiger charge is 2.08. The third kappa shape index (κ3) is 2.00. The Bertz CT molecular complexity index is 467. The number of aromatic nitrogens is 1. The molecule has 1 atom stereocenters. The molecule has 0 bridgehead atoms. The van der Waals surface area contributed by atoms with Crippen molar-refractivity contribution in [2.45, 2.75) is 12.6 Å². The van der Waals surface area contributed by atoms with Gasteiger partial charge in [-0.2, -0.15) is 0 Å². The summed E-state index contributed by atoms with van der Waals surface area (Å²) in [4.78, 5) is 3.04. The van der Waals surface area contributed by atoms with Gasteiger partial charge in [0, 0.05) is 23.5 Å². The number of likely N-dealkylation sites (N-methyl/N-ethyl adjacent to an activating group) is 1. The average molecular weight is 208 g/mol. The highest BCUT2D eigenvalue weighted by Crippen LogP contribution is 2.20. The number of H-pyrrole nitrogens is 1. The van der Waals surface area contributed by atoms with Crippen LogP contribution in [0.3, 0.4) is 0 Å². The van der Waals surface area contributed by atoms with Crippen LogP contribution in [0.25, 0.3) is 10.9 Å². The molecule has 0 saturated heterocycles. The Kier molecular flexibility index (Phi) is 2.70. The number of hydrogen-bond donors (Lipinski definition) is 3. The number of nitrogens with one attached hydrogen (secondary N) is 2. The SMILES string of the molecule is CNC(O)Cc1c[nH]c2ccc(F)cc12. The lowest BCUT2D eigenvalue weighted by Crippen LogP contribution is -2.26. The second-order valence-electron chi connectivity index (χ2n) is 3.51. The van der Waals surface area contributed by atoms with Gasteiger partial charge in [-0.3, -0.25) is 5.32 Å². The average Bonchev–Trinajstić information content (AvgIpc) is 2.61. The topological polar surface area (TPSA) is 48.0 Å². The largest absolute Gasteiger partial charge is 0.378 e. The molecular formula is C11H13FN2O. The molecule has 1 aromatic carbocycles. The molecule has 15 heavy (non-hydrogen) atoms. The van der Waals surface area contributed by atoms with Gasteiger partial charge in [0.2, 0.25) is 0 Å².